The quantitative estimate of drug-likeness (QED) is 0.409. The summed E-state index contributed by atoms with van der Waals surface area (Å²) in [4.78, 5) is 20.2. The molecule has 0 unspecified atom stereocenters. The van der Waals surface area contributed by atoms with E-state index in [0.29, 0.717) is 23.0 Å². The Kier molecular flexibility index (Phi) is 7.37. The fourth-order valence-corrected chi connectivity index (χ4v) is 2.27. The summed E-state index contributed by atoms with van der Waals surface area (Å²) in [5.74, 6) is 0.159. The molecule has 0 radical (unpaired) electrons. The molecule has 1 aromatic carbocycles. The highest BCUT2D eigenvalue weighted by atomic mass is 19.3. The lowest BCUT2D eigenvalue weighted by Gasteiger charge is -2.10. The molecule has 0 aliphatic rings. The summed E-state index contributed by atoms with van der Waals surface area (Å²) in [5, 5.41) is 9.33. The molecule has 0 aliphatic heterocycles. The largest absolute Gasteiger partial charge is 0.496 e. The molecule has 0 spiro atoms. The molecule has 0 fully saturated rings. The molecule has 0 bridgehead atoms. The first-order valence-corrected chi connectivity index (χ1v) is 8.13. The molecule has 0 saturated heterocycles. The summed E-state index contributed by atoms with van der Waals surface area (Å²) in [6.45, 7) is 1.64. The molecule has 28 heavy (non-hydrogen) atoms. The molecular weight excluding hydrogens is 372 g/mol. The van der Waals surface area contributed by atoms with Crippen LogP contribution in [0.5, 0.6) is 5.75 Å². The Bertz CT molecular complexity index is 893. The van der Waals surface area contributed by atoms with E-state index in [9.17, 15) is 13.6 Å². The fraction of sp³-hybridized carbons (Fsp3) is 0.222. The minimum Gasteiger partial charge on any atom is -0.496 e. The van der Waals surface area contributed by atoms with Crippen LogP contribution in [-0.4, -0.2) is 40.7 Å². The predicted molar refractivity (Wildman–Crippen MR) is 98.7 cm³/mol. The van der Waals surface area contributed by atoms with Gasteiger partial charge in [0.15, 0.2) is 11.6 Å². The molecule has 1 aromatic heterocycles. The topological polar surface area (TPSA) is 101 Å². The number of aromatic nitrogens is 3. The number of amides is 1. The number of benzene rings is 1. The van der Waals surface area contributed by atoms with E-state index in [2.05, 4.69) is 36.8 Å². The van der Waals surface area contributed by atoms with Crippen LogP contribution in [0.3, 0.4) is 0 Å². The highest BCUT2D eigenvalue weighted by Gasteiger charge is 2.20. The SMILES string of the molecule is C=C/N=C(OC(F)F)\C(=C/C)C(=O)NCc1n[nH]c(-c2ccccc2OC)n1. The zero-order chi connectivity index (χ0) is 20.5. The molecule has 1 amide bonds. The fourth-order valence-electron chi connectivity index (χ4n) is 2.27. The number of nitrogens with zero attached hydrogens (tertiary/aromatic N) is 3. The van der Waals surface area contributed by atoms with Gasteiger partial charge in [-0.05, 0) is 19.1 Å². The molecule has 0 atom stereocenters. The molecule has 2 aromatic rings. The second-order valence-corrected chi connectivity index (χ2v) is 5.18. The smallest absolute Gasteiger partial charge is 0.388 e. The van der Waals surface area contributed by atoms with Crippen molar-refractivity contribution in [3.05, 3.63) is 54.5 Å². The standard InChI is InChI=1S/C18H19F2N5O3/c1-4-11(17(21-5-2)28-18(19)20)16(26)22-10-14-23-15(25-24-14)12-8-6-7-9-13(12)27-3/h4-9,18H,2,10H2,1,3H3,(H,22,26)(H,23,24,25)/b11-4-,21-17+. The third kappa shape index (κ3) is 5.22. The van der Waals surface area contributed by atoms with E-state index in [1.165, 1.54) is 13.0 Å². The maximum atomic E-state index is 12.5. The lowest BCUT2D eigenvalue weighted by Crippen LogP contribution is -2.30. The maximum Gasteiger partial charge on any atom is 0.388 e. The number of aromatic amines is 1. The van der Waals surface area contributed by atoms with Crippen molar-refractivity contribution in [2.45, 2.75) is 20.1 Å². The van der Waals surface area contributed by atoms with E-state index >= 15 is 0 Å². The Morgan fingerprint density at radius 3 is 2.82 bits per heavy atom. The van der Waals surface area contributed by atoms with Crippen LogP contribution < -0.4 is 10.1 Å². The zero-order valence-corrected chi connectivity index (χ0v) is 15.3. The van der Waals surface area contributed by atoms with Crippen molar-refractivity contribution in [3.63, 3.8) is 0 Å². The average molecular weight is 391 g/mol. The number of rotatable bonds is 8. The van der Waals surface area contributed by atoms with Crippen molar-refractivity contribution >= 4 is 11.8 Å². The molecule has 8 nitrogen and oxygen atoms in total. The number of H-pyrrole nitrogens is 1. The van der Waals surface area contributed by atoms with Gasteiger partial charge in [-0.2, -0.15) is 13.9 Å². The molecule has 0 saturated carbocycles. The van der Waals surface area contributed by atoms with Crippen molar-refractivity contribution in [2.24, 2.45) is 4.99 Å². The summed E-state index contributed by atoms with van der Waals surface area (Å²) in [5.41, 5.74) is 0.538. The normalized spacial score (nSPS) is 12.0. The molecule has 148 valence electrons. The van der Waals surface area contributed by atoms with Crippen molar-refractivity contribution in [1.29, 1.82) is 0 Å². The second-order valence-electron chi connectivity index (χ2n) is 5.18. The van der Waals surface area contributed by atoms with Gasteiger partial charge in [-0.1, -0.05) is 24.8 Å². The Morgan fingerprint density at radius 2 is 2.18 bits per heavy atom. The molecule has 1 heterocycles. The van der Waals surface area contributed by atoms with Crippen LogP contribution in [0.25, 0.3) is 11.4 Å². The van der Waals surface area contributed by atoms with E-state index in [0.717, 1.165) is 6.20 Å². The Morgan fingerprint density at radius 1 is 1.43 bits per heavy atom. The van der Waals surface area contributed by atoms with Gasteiger partial charge in [0.2, 0.25) is 5.90 Å². The monoisotopic (exact) mass is 391 g/mol. The number of hydrogen-bond donors (Lipinski definition) is 2. The molecule has 0 aliphatic carbocycles. The van der Waals surface area contributed by atoms with Crippen LogP contribution in [-0.2, 0) is 16.1 Å². The predicted octanol–water partition coefficient (Wildman–Crippen LogP) is 2.82. The third-order valence-electron chi connectivity index (χ3n) is 3.47. The number of carbonyl (C=O) groups excluding carboxylic acids is 1. The van der Waals surface area contributed by atoms with Crippen molar-refractivity contribution in [1.82, 2.24) is 20.5 Å². The minimum absolute atomic E-state index is 0.0438. The summed E-state index contributed by atoms with van der Waals surface area (Å²) in [7, 11) is 1.54. The number of methoxy groups -OCH3 is 1. The van der Waals surface area contributed by atoms with Crippen molar-refractivity contribution in [3.8, 4) is 17.1 Å². The van der Waals surface area contributed by atoms with E-state index < -0.39 is 18.4 Å². The lowest BCUT2D eigenvalue weighted by atomic mass is 10.2. The zero-order valence-electron chi connectivity index (χ0n) is 15.3. The van der Waals surface area contributed by atoms with Gasteiger partial charge >= 0.3 is 6.61 Å². The molecule has 2 rings (SSSR count). The van der Waals surface area contributed by atoms with Crippen LogP contribution in [0.1, 0.15) is 12.7 Å². The molecular formula is C18H19F2N5O3. The molecule has 2 N–H and O–H groups in total. The van der Waals surface area contributed by atoms with Crippen LogP contribution in [0.2, 0.25) is 0 Å². The Balaban J connectivity index is 2.09. The van der Waals surface area contributed by atoms with Crippen LogP contribution in [0.15, 0.2) is 53.7 Å². The van der Waals surface area contributed by atoms with Crippen LogP contribution >= 0.6 is 0 Å². The van der Waals surface area contributed by atoms with Gasteiger partial charge in [0.25, 0.3) is 5.91 Å². The lowest BCUT2D eigenvalue weighted by molar-refractivity contribution is -0.117. The minimum atomic E-state index is -3.13. The van der Waals surface area contributed by atoms with Gasteiger partial charge in [-0.25, -0.2) is 9.98 Å². The number of alkyl halides is 2. The summed E-state index contributed by atoms with van der Waals surface area (Å²) >= 11 is 0. The van der Waals surface area contributed by atoms with Gasteiger partial charge in [0.1, 0.15) is 5.75 Å². The van der Waals surface area contributed by atoms with Gasteiger partial charge in [0, 0.05) is 6.20 Å². The number of allylic oxidation sites excluding steroid dienone is 1. The highest BCUT2D eigenvalue weighted by Crippen LogP contribution is 2.26. The van der Waals surface area contributed by atoms with Gasteiger partial charge in [-0.3, -0.25) is 9.89 Å². The number of nitrogens with one attached hydrogen (secondary N) is 2. The first-order valence-electron chi connectivity index (χ1n) is 8.13. The van der Waals surface area contributed by atoms with Gasteiger partial charge in [-0.15, -0.1) is 0 Å². The van der Waals surface area contributed by atoms with E-state index in [-0.39, 0.29) is 12.1 Å². The van der Waals surface area contributed by atoms with E-state index in [4.69, 9.17) is 4.74 Å². The van der Waals surface area contributed by atoms with E-state index in [1.807, 2.05) is 12.1 Å². The number of ether oxygens (including phenoxy) is 2. The first-order chi connectivity index (χ1) is 13.5. The summed E-state index contributed by atoms with van der Waals surface area (Å²) in [6, 6.07) is 7.23. The highest BCUT2D eigenvalue weighted by molar-refractivity contribution is 6.18. The van der Waals surface area contributed by atoms with Crippen molar-refractivity contribution in [2.75, 3.05) is 7.11 Å². The first kappa shape index (κ1) is 20.7. The van der Waals surface area contributed by atoms with Crippen LogP contribution in [0.4, 0.5) is 8.78 Å². The van der Waals surface area contributed by atoms with Gasteiger partial charge in [0.05, 0.1) is 24.8 Å². The summed E-state index contributed by atoms with van der Waals surface area (Å²) < 4.78 is 34.6. The number of hydrogen-bond acceptors (Lipinski definition) is 6. The number of halogens is 2. The van der Waals surface area contributed by atoms with Crippen LogP contribution in [0, 0.1) is 0 Å². The Hall–Kier alpha value is -3.56. The second kappa shape index (κ2) is 9.95. The average Bonchev–Trinajstić information content (AvgIpc) is 3.15. The third-order valence-corrected chi connectivity index (χ3v) is 3.47. The van der Waals surface area contributed by atoms with Gasteiger partial charge < -0.3 is 14.8 Å². The number of carbonyl (C=O) groups is 1. The van der Waals surface area contributed by atoms with E-state index in [1.54, 1.807) is 19.2 Å². The maximum absolute atomic E-state index is 12.5. The number of para-hydroxylation sites is 1. The van der Waals surface area contributed by atoms with Crippen molar-refractivity contribution < 1.29 is 23.0 Å². The summed E-state index contributed by atoms with van der Waals surface area (Å²) in [6.07, 6.45) is 2.31. The Labute approximate surface area is 160 Å². The number of aliphatic imine (C=N–C) groups is 1. The molecule has 10 heteroatoms.